The van der Waals surface area contributed by atoms with Crippen LogP contribution in [0.15, 0.2) is 40.3 Å². The van der Waals surface area contributed by atoms with Gasteiger partial charge in [-0.1, -0.05) is 17.8 Å². The Morgan fingerprint density at radius 3 is 2.92 bits per heavy atom. The minimum absolute atomic E-state index is 0.101. The van der Waals surface area contributed by atoms with Crippen molar-refractivity contribution in [1.29, 1.82) is 0 Å². The van der Waals surface area contributed by atoms with Crippen molar-refractivity contribution >= 4 is 56.5 Å². The molecule has 130 valence electrons. The molecule has 0 unspecified atom stereocenters. The quantitative estimate of drug-likeness (QED) is 0.349. The molecule has 25 heavy (non-hydrogen) atoms. The topological polar surface area (TPSA) is 72.4 Å². The third-order valence-electron chi connectivity index (χ3n) is 3.31. The van der Waals surface area contributed by atoms with Crippen LogP contribution in [0.1, 0.15) is 4.88 Å². The monoisotopic (exact) mass is 393 g/mol. The summed E-state index contributed by atoms with van der Waals surface area (Å²) in [5.41, 5.74) is 0. The van der Waals surface area contributed by atoms with Crippen LogP contribution in [0.3, 0.4) is 0 Å². The zero-order chi connectivity index (χ0) is 17.6. The normalized spacial score (nSPS) is 10.8. The van der Waals surface area contributed by atoms with Crippen molar-refractivity contribution < 1.29 is 14.3 Å². The molecule has 0 saturated carbocycles. The van der Waals surface area contributed by atoms with E-state index in [1.165, 1.54) is 29.4 Å². The van der Waals surface area contributed by atoms with Crippen LogP contribution in [0, 0.1) is 0 Å². The van der Waals surface area contributed by atoms with Crippen molar-refractivity contribution in [3.05, 3.63) is 40.2 Å². The average Bonchev–Trinajstić information content (AvgIpc) is 3.29. The number of carbonyl (C=O) groups excluding carboxylic acids is 2. The summed E-state index contributed by atoms with van der Waals surface area (Å²) < 4.78 is 5.07. The number of likely N-dealkylation sites (N-methyl/N-ethyl adjacent to an activating group) is 1. The average molecular weight is 394 g/mol. The van der Waals surface area contributed by atoms with E-state index in [0.29, 0.717) is 6.54 Å². The predicted molar refractivity (Wildman–Crippen MR) is 99.9 cm³/mol. The Morgan fingerprint density at radius 2 is 2.12 bits per heavy atom. The molecule has 0 atom stereocenters. The zero-order valence-electron chi connectivity index (χ0n) is 13.4. The maximum absolute atomic E-state index is 12.0. The van der Waals surface area contributed by atoms with Gasteiger partial charge in [0.15, 0.2) is 6.61 Å². The molecule has 0 aliphatic heterocycles. The lowest BCUT2D eigenvalue weighted by molar-refractivity contribution is -0.149. The first-order chi connectivity index (χ1) is 12.1. The molecule has 0 spiro atoms. The minimum atomic E-state index is -0.440. The van der Waals surface area contributed by atoms with Crippen LogP contribution in [0.4, 0.5) is 0 Å². The lowest BCUT2D eigenvalue weighted by Gasteiger charge is -2.16. The van der Waals surface area contributed by atoms with Gasteiger partial charge in [0.2, 0.25) is 0 Å². The fourth-order valence-electron chi connectivity index (χ4n) is 2.03. The second-order valence-corrected chi connectivity index (χ2v) is 7.99. The molecule has 9 heteroatoms. The molecule has 3 rings (SSSR count). The summed E-state index contributed by atoms with van der Waals surface area (Å²) in [7, 11) is 1.69. The molecule has 3 aromatic rings. The summed E-state index contributed by atoms with van der Waals surface area (Å²) in [6.45, 7) is 0.263. The van der Waals surface area contributed by atoms with E-state index in [1.54, 1.807) is 23.3 Å². The molecule has 1 amide bonds. The number of nitrogens with zero attached hydrogens (tertiary/aromatic N) is 3. The van der Waals surface area contributed by atoms with E-state index in [0.717, 1.165) is 20.1 Å². The highest BCUT2D eigenvalue weighted by molar-refractivity contribution is 8.00. The Morgan fingerprint density at radius 1 is 1.24 bits per heavy atom. The standard InChI is InChI=1S/C16H15N3O3S3/c1-19(7-11-3-2-5-23-11)13(20)8-22-14(21)9-25-16-12-4-6-24-15(12)17-10-18-16/h2-6,10H,7-9H2,1H3. The number of hydrogen-bond donors (Lipinski definition) is 0. The molecule has 0 saturated heterocycles. The molecule has 6 nitrogen and oxygen atoms in total. The van der Waals surface area contributed by atoms with Gasteiger partial charge >= 0.3 is 5.97 Å². The predicted octanol–water partition coefficient (Wildman–Crippen LogP) is 3.05. The lowest BCUT2D eigenvalue weighted by atomic mass is 10.4. The van der Waals surface area contributed by atoms with Crippen LogP contribution in [0.2, 0.25) is 0 Å². The smallest absolute Gasteiger partial charge is 0.316 e. The minimum Gasteiger partial charge on any atom is -0.455 e. The lowest BCUT2D eigenvalue weighted by Crippen LogP contribution is -2.30. The molecular formula is C16H15N3O3S3. The maximum atomic E-state index is 12.0. The van der Waals surface area contributed by atoms with E-state index in [2.05, 4.69) is 9.97 Å². The summed E-state index contributed by atoms with van der Waals surface area (Å²) in [5.74, 6) is -0.567. The Balaban J connectivity index is 1.45. The summed E-state index contributed by atoms with van der Waals surface area (Å²) >= 11 is 4.39. The fraction of sp³-hybridized carbons (Fsp3) is 0.250. The van der Waals surface area contributed by atoms with Crippen molar-refractivity contribution in [2.45, 2.75) is 11.6 Å². The summed E-state index contributed by atoms with van der Waals surface area (Å²) in [4.78, 5) is 35.8. The van der Waals surface area contributed by atoms with Gasteiger partial charge in [0.25, 0.3) is 5.91 Å². The number of thiophene rings is 2. The Bertz CT molecular complexity index is 864. The SMILES string of the molecule is CN(Cc1cccs1)C(=O)COC(=O)CSc1ncnc2sccc12. The highest BCUT2D eigenvalue weighted by Crippen LogP contribution is 2.27. The number of carbonyl (C=O) groups is 2. The Hall–Kier alpha value is -1.97. The van der Waals surface area contributed by atoms with Gasteiger partial charge in [-0.05, 0) is 22.9 Å². The van der Waals surface area contributed by atoms with Crippen LogP contribution in [-0.2, 0) is 20.9 Å². The van der Waals surface area contributed by atoms with Crippen LogP contribution in [0.5, 0.6) is 0 Å². The zero-order valence-corrected chi connectivity index (χ0v) is 15.8. The van der Waals surface area contributed by atoms with Crippen LogP contribution in [0.25, 0.3) is 10.2 Å². The second kappa shape index (κ2) is 8.41. The first-order valence-electron chi connectivity index (χ1n) is 7.36. The van der Waals surface area contributed by atoms with E-state index in [9.17, 15) is 9.59 Å². The van der Waals surface area contributed by atoms with Gasteiger partial charge in [0.1, 0.15) is 16.2 Å². The van der Waals surface area contributed by atoms with Crippen molar-refractivity contribution in [1.82, 2.24) is 14.9 Å². The Kier molecular flexibility index (Phi) is 6.00. The van der Waals surface area contributed by atoms with Crippen molar-refractivity contribution in [3.63, 3.8) is 0 Å². The molecule has 0 aliphatic rings. The number of aromatic nitrogens is 2. The molecular weight excluding hydrogens is 378 g/mol. The molecule has 0 fully saturated rings. The number of thioether (sulfide) groups is 1. The second-order valence-electron chi connectivity index (χ2n) is 5.10. The number of fused-ring (bicyclic) bond motifs is 1. The maximum Gasteiger partial charge on any atom is 0.316 e. The third-order valence-corrected chi connectivity index (χ3v) is 5.97. The van der Waals surface area contributed by atoms with Gasteiger partial charge in [0, 0.05) is 17.3 Å². The van der Waals surface area contributed by atoms with Gasteiger partial charge in [-0.2, -0.15) is 0 Å². The third kappa shape index (κ3) is 4.77. The van der Waals surface area contributed by atoms with Crippen molar-refractivity contribution in [2.75, 3.05) is 19.4 Å². The van der Waals surface area contributed by atoms with Crippen LogP contribution >= 0.6 is 34.4 Å². The highest BCUT2D eigenvalue weighted by Gasteiger charge is 2.14. The molecule has 0 aromatic carbocycles. The van der Waals surface area contributed by atoms with Gasteiger partial charge in [-0.15, -0.1) is 22.7 Å². The molecule has 0 N–H and O–H groups in total. The van der Waals surface area contributed by atoms with E-state index in [4.69, 9.17) is 4.74 Å². The summed E-state index contributed by atoms with van der Waals surface area (Å²) in [5, 5.41) is 5.56. The van der Waals surface area contributed by atoms with Crippen molar-refractivity contribution in [2.24, 2.45) is 0 Å². The number of ether oxygens (including phenoxy) is 1. The molecule has 3 aromatic heterocycles. The van der Waals surface area contributed by atoms with Gasteiger partial charge < -0.3 is 9.64 Å². The summed E-state index contributed by atoms with van der Waals surface area (Å²) in [6, 6.07) is 5.83. The molecule has 3 heterocycles. The molecule has 0 aliphatic carbocycles. The van der Waals surface area contributed by atoms with E-state index >= 15 is 0 Å². The van der Waals surface area contributed by atoms with E-state index < -0.39 is 5.97 Å². The van der Waals surface area contributed by atoms with Gasteiger partial charge in [-0.3, -0.25) is 9.59 Å². The number of hydrogen-bond acceptors (Lipinski definition) is 8. The number of amides is 1. The largest absolute Gasteiger partial charge is 0.455 e. The van der Waals surface area contributed by atoms with Gasteiger partial charge in [-0.25, -0.2) is 9.97 Å². The molecule has 0 radical (unpaired) electrons. The number of esters is 1. The number of rotatable bonds is 7. The van der Waals surface area contributed by atoms with Crippen LogP contribution in [-0.4, -0.2) is 46.2 Å². The first kappa shape index (κ1) is 17.8. The fourth-order valence-corrected chi connectivity index (χ4v) is 4.36. The molecule has 0 bridgehead atoms. The highest BCUT2D eigenvalue weighted by atomic mass is 32.2. The van der Waals surface area contributed by atoms with Gasteiger partial charge in [0.05, 0.1) is 12.3 Å². The van der Waals surface area contributed by atoms with Crippen LogP contribution < -0.4 is 0 Å². The first-order valence-corrected chi connectivity index (χ1v) is 10.1. The Labute approximate surface area is 156 Å². The van der Waals surface area contributed by atoms with E-state index in [1.807, 2.05) is 29.0 Å². The van der Waals surface area contributed by atoms with Crippen molar-refractivity contribution in [3.8, 4) is 0 Å². The van der Waals surface area contributed by atoms with E-state index in [-0.39, 0.29) is 18.3 Å². The summed E-state index contributed by atoms with van der Waals surface area (Å²) in [6.07, 6.45) is 1.48.